The van der Waals surface area contributed by atoms with Gasteiger partial charge in [0.05, 0.1) is 17.2 Å². The Morgan fingerprint density at radius 2 is 1.17 bits per heavy atom. The summed E-state index contributed by atoms with van der Waals surface area (Å²) in [6.07, 6.45) is 0. The molecule has 0 bridgehead atoms. The van der Waals surface area contributed by atoms with Crippen molar-refractivity contribution in [3.63, 3.8) is 0 Å². The Balaban J connectivity index is 1.51. The second kappa shape index (κ2) is 9.46. The number of benzene rings is 6. The van der Waals surface area contributed by atoms with Crippen molar-refractivity contribution in [2.75, 3.05) is 0 Å². The monoisotopic (exact) mass is 552 g/mol. The van der Waals surface area contributed by atoms with E-state index in [1.54, 1.807) is 11.3 Å². The van der Waals surface area contributed by atoms with Crippen molar-refractivity contribution in [2.24, 2.45) is 0 Å². The summed E-state index contributed by atoms with van der Waals surface area (Å²) in [6, 6.07) is 45.5. The van der Waals surface area contributed by atoms with Crippen LogP contribution in [0.2, 0.25) is 0 Å². The van der Waals surface area contributed by atoms with Gasteiger partial charge in [-0.3, -0.25) is 0 Å². The first-order valence-electron chi connectivity index (χ1n) is 13.6. The molecule has 0 saturated heterocycles. The normalized spacial score (nSPS) is 11.3. The molecule has 3 nitrogen and oxygen atoms in total. The number of para-hydroxylation sites is 2. The highest BCUT2D eigenvalue weighted by Crippen LogP contribution is 2.45. The van der Waals surface area contributed by atoms with Crippen LogP contribution in [0.5, 0.6) is 0 Å². The van der Waals surface area contributed by atoms with Crippen molar-refractivity contribution < 1.29 is 4.42 Å². The van der Waals surface area contributed by atoms with Crippen LogP contribution in [-0.4, -0.2) is 0 Å². The van der Waals surface area contributed by atoms with Crippen LogP contribution in [0.1, 0.15) is 11.1 Å². The molecule has 0 spiro atoms. The molecule has 6 aromatic carbocycles. The fraction of sp³-hybridized carbons (Fsp3) is 0. The summed E-state index contributed by atoms with van der Waals surface area (Å²) in [5.74, 6) is 0. The molecule has 0 fully saturated rings. The molecule has 0 amide bonds. The smallest absolute Gasteiger partial charge is 0.143 e. The summed E-state index contributed by atoms with van der Waals surface area (Å²) in [7, 11) is 0. The number of furan rings is 1. The largest absolute Gasteiger partial charge is 0.455 e. The predicted molar refractivity (Wildman–Crippen MR) is 172 cm³/mol. The third-order valence-electron chi connectivity index (χ3n) is 8.00. The van der Waals surface area contributed by atoms with E-state index in [0.717, 1.165) is 60.0 Å². The molecule has 2 aromatic heterocycles. The summed E-state index contributed by atoms with van der Waals surface area (Å²) >= 11 is 1.74. The zero-order valence-corrected chi connectivity index (χ0v) is 23.1. The Morgan fingerprint density at radius 1 is 0.524 bits per heavy atom. The minimum Gasteiger partial charge on any atom is -0.455 e. The van der Waals surface area contributed by atoms with E-state index in [1.807, 2.05) is 60.7 Å². The topological polar surface area (TPSA) is 60.7 Å². The van der Waals surface area contributed by atoms with Crippen LogP contribution < -0.4 is 0 Å². The third-order valence-corrected chi connectivity index (χ3v) is 9.22. The fourth-order valence-corrected chi connectivity index (χ4v) is 7.32. The van der Waals surface area contributed by atoms with Gasteiger partial charge >= 0.3 is 0 Å². The van der Waals surface area contributed by atoms with Crippen molar-refractivity contribution >= 4 is 53.4 Å². The minimum absolute atomic E-state index is 0.575. The van der Waals surface area contributed by atoms with E-state index in [-0.39, 0.29) is 0 Å². The van der Waals surface area contributed by atoms with Gasteiger partial charge in [-0.2, -0.15) is 10.5 Å². The summed E-state index contributed by atoms with van der Waals surface area (Å²) in [5.41, 5.74) is 7.87. The summed E-state index contributed by atoms with van der Waals surface area (Å²) in [6.45, 7) is 0. The van der Waals surface area contributed by atoms with Gasteiger partial charge in [-0.25, -0.2) is 0 Å². The van der Waals surface area contributed by atoms with Crippen LogP contribution in [-0.2, 0) is 0 Å². The van der Waals surface area contributed by atoms with E-state index >= 15 is 0 Å². The maximum absolute atomic E-state index is 10.8. The molecule has 0 aliphatic heterocycles. The Bertz CT molecular complexity index is 2310. The van der Waals surface area contributed by atoms with Gasteiger partial charge in [0.15, 0.2) is 0 Å². The molecule has 0 saturated carbocycles. The SMILES string of the molecule is N#Cc1ccccc1-c1cc(-c2cccc3c2oc2ccccc23)c(C#N)c(-c2cccc3c2sc2ccccc23)c1. The number of fused-ring (bicyclic) bond motifs is 6. The summed E-state index contributed by atoms with van der Waals surface area (Å²) in [4.78, 5) is 0. The van der Waals surface area contributed by atoms with Gasteiger partial charge in [-0.1, -0.05) is 91.0 Å². The van der Waals surface area contributed by atoms with Gasteiger partial charge in [-0.15, -0.1) is 11.3 Å². The zero-order valence-electron chi connectivity index (χ0n) is 22.3. The molecule has 4 heteroatoms. The van der Waals surface area contributed by atoms with Crippen LogP contribution >= 0.6 is 11.3 Å². The number of thiophene rings is 1. The van der Waals surface area contributed by atoms with Gasteiger partial charge in [0, 0.05) is 53.2 Å². The van der Waals surface area contributed by atoms with E-state index in [4.69, 9.17) is 4.42 Å². The molecule has 0 aliphatic carbocycles. The lowest BCUT2D eigenvalue weighted by molar-refractivity contribution is 0.670. The van der Waals surface area contributed by atoms with Crippen LogP contribution in [0.15, 0.2) is 126 Å². The van der Waals surface area contributed by atoms with Crippen LogP contribution in [0.4, 0.5) is 0 Å². The quantitative estimate of drug-likeness (QED) is 0.219. The lowest BCUT2D eigenvalue weighted by Gasteiger charge is -2.15. The first-order valence-corrected chi connectivity index (χ1v) is 14.5. The molecule has 8 rings (SSSR count). The third kappa shape index (κ3) is 3.57. The Morgan fingerprint density at radius 3 is 2.00 bits per heavy atom. The highest BCUT2D eigenvalue weighted by atomic mass is 32.1. The molecule has 0 unspecified atom stereocenters. The summed E-state index contributed by atoms with van der Waals surface area (Å²) in [5, 5.41) is 25.2. The zero-order chi connectivity index (χ0) is 28.2. The lowest BCUT2D eigenvalue weighted by Crippen LogP contribution is -1.94. The maximum Gasteiger partial charge on any atom is 0.143 e. The first-order chi connectivity index (χ1) is 20.7. The lowest BCUT2D eigenvalue weighted by atomic mass is 9.86. The van der Waals surface area contributed by atoms with Crippen LogP contribution in [0, 0.1) is 22.7 Å². The Hall–Kier alpha value is -5.68. The van der Waals surface area contributed by atoms with Gasteiger partial charge in [-0.05, 0) is 41.5 Å². The van der Waals surface area contributed by atoms with E-state index in [2.05, 4.69) is 72.8 Å². The van der Waals surface area contributed by atoms with Crippen molar-refractivity contribution in [1.29, 1.82) is 10.5 Å². The second-order valence-electron chi connectivity index (χ2n) is 10.3. The number of rotatable bonds is 3. The van der Waals surface area contributed by atoms with Gasteiger partial charge in [0.1, 0.15) is 17.2 Å². The number of hydrogen-bond donors (Lipinski definition) is 0. The molecular weight excluding hydrogens is 532 g/mol. The molecule has 194 valence electrons. The molecule has 0 N–H and O–H groups in total. The number of nitrogens with zero attached hydrogens (tertiary/aromatic N) is 2. The van der Waals surface area contributed by atoms with E-state index < -0.39 is 0 Å². The molecule has 2 heterocycles. The molecule has 0 aliphatic rings. The standard InChI is InChI=1S/C38H20N2OS/c39-21-23-9-1-2-10-25(23)24-19-32(29-14-7-13-28-26-11-3-5-17-35(26)41-37(28)29)34(22-40)33(20-24)31-16-8-15-30-27-12-4-6-18-36(27)42-38(30)31/h1-20H. The van der Waals surface area contributed by atoms with Gasteiger partial charge in [0.2, 0.25) is 0 Å². The highest BCUT2D eigenvalue weighted by Gasteiger charge is 2.22. The fourth-order valence-electron chi connectivity index (χ4n) is 6.09. The van der Waals surface area contributed by atoms with Crippen molar-refractivity contribution in [1.82, 2.24) is 0 Å². The maximum atomic E-state index is 10.8. The minimum atomic E-state index is 0.575. The van der Waals surface area contributed by atoms with E-state index in [0.29, 0.717) is 11.1 Å². The number of hydrogen-bond acceptors (Lipinski definition) is 4. The van der Waals surface area contributed by atoms with Crippen molar-refractivity contribution in [3.8, 4) is 45.5 Å². The van der Waals surface area contributed by atoms with Gasteiger partial charge in [0.25, 0.3) is 0 Å². The molecule has 0 atom stereocenters. The van der Waals surface area contributed by atoms with E-state index in [1.165, 1.54) is 15.5 Å². The van der Waals surface area contributed by atoms with Crippen LogP contribution in [0.3, 0.4) is 0 Å². The first kappa shape index (κ1) is 24.1. The van der Waals surface area contributed by atoms with Crippen molar-refractivity contribution in [3.05, 3.63) is 132 Å². The Kier molecular flexibility index (Phi) is 5.44. The second-order valence-corrected chi connectivity index (χ2v) is 11.3. The van der Waals surface area contributed by atoms with Gasteiger partial charge < -0.3 is 4.42 Å². The molecule has 8 aromatic rings. The predicted octanol–water partition coefficient (Wildman–Crippen LogP) is 10.7. The van der Waals surface area contributed by atoms with E-state index in [9.17, 15) is 10.5 Å². The average molecular weight is 553 g/mol. The molecule has 0 radical (unpaired) electrons. The Labute approximate surface area is 245 Å². The molecule has 42 heavy (non-hydrogen) atoms. The molecular formula is C38H20N2OS. The van der Waals surface area contributed by atoms with Crippen LogP contribution in [0.25, 0.3) is 75.5 Å². The summed E-state index contributed by atoms with van der Waals surface area (Å²) < 4.78 is 8.76. The number of nitriles is 2. The van der Waals surface area contributed by atoms with Crippen molar-refractivity contribution in [2.45, 2.75) is 0 Å². The highest BCUT2D eigenvalue weighted by molar-refractivity contribution is 7.26. The average Bonchev–Trinajstić information content (AvgIpc) is 3.63.